The molecule has 0 N–H and O–H groups in total. The fourth-order valence-electron chi connectivity index (χ4n) is 0.241. The second-order valence-electron chi connectivity index (χ2n) is 1.04. The van der Waals surface area contributed by atoms with Crippen molar-refractivity contribution in [2.24, 2.45) is 0 Å². The summed E-state index contributed by atoms with van der Waals surface area (Å²) in [5, 5.41) is 0. The standard InChI is InChI=1S/C5H8O2P/c1-3-5-8(6)7-4-2/h4H2,1-2H3/q+1. The van der Waals surface area contributed by atoms with Crippen molar-refractivity contribution in [3.8, 4) is 11.6 Å². The number of hydrogen-bond donors (Lipinski definition) is 0. The predicted molar refractivity (Wildman–Crippen MR) is 32.7 cm³/mol. The predicted octanol–water partition coefficient (Wildman–Crippen LogP) is 1.75. The molecule has 0 amide bonds. The molecule has 2 nitrogen and oxygen atoms in total. The van der Waals surface area contributed by atoms with Crippen LogP contribution < -0.4 is 0 Å². The van der Waals surface area contributed by atoms with Gasteiger partial charge in [0.2, 0.25) is 5.66 Å². The molecule has 0 fully saturated rings. The molecule has 0 aliphatic heterocycles. The third-order valence-corrected chi connectivity index (χ3v) is 1.35. The normalized spacial score (nSPS) is 9.50. The molecule has 44 valence electrons. The quantitative estimate of drug-likeness (QED) is 0.421. The Morgan fingerprint density at radius 3 is 2.75 bits per heavy atom. The van der Waals surface area contributed by atoms with Gasteiger partial charge in [-0.3, -0.25) is 0 Å². The van der Waals surface area contributed by atoms with E-state index in [0.717, 1.165) is 0 Å². The Kier molecular flexibility index (Phi) is 4.54. The molecule has 0 rings (SSSR count). The smallest absolute Gasteiger partial charge is 0.135 e. The highest BCUT2D eigenvalue weighted by molar-refractivity contribution is 7.45. The molecule has 0 heterocycles. The summed E-state index contributed by atoms with van der Waals surface area (Å²) in [6.45, 7) is 3.88. The maximum Gasteiger partial charge on any atom is 0.603 e. The molecule has 0 aromatic carbocycles. The summed E-state index contributed by atoms with van der Waals surface area (Å²) < 4.78 is 15.0. The zero-order valence-corrected chi connectivity index (χ0v) is 5.87. The van der Waals surface area contributed by atoms with Crippen LogP contribution in [0.25, 0.3) is 0 Å². The summed E-state index contributed by atoms with van der Waals surface area (Å²) >= 11 is 0. The molecule has 0 spiro atoms. The first-order valence-corrected chi connectivity index (χ1v) is 3.51. The lowest BCUT2D eigenvalue weighted by atomic mass is 10.9. The average molecular weight is 131 g/mol. The molecule has 0 saturated heterocycles. The van der Waals surface area contributed by atoms with Crippen molar-refractivity contribution in [3.63, 3.8) is 0 Å². The Morgan fingerprint density at radius 2 is 2.38 bits per heavy atom. The maximum atomic E-state index is 10.4. The summed E-state index contributed by atoms with van der Waals surface area (Å²) in [4.78, 5) is 0. The van der Waals surface area contributed by atoms with Gasteiger partial charge in [-0.25, -0.2) is 0 Å². The van der Waals surface area contributed by atoms with Crippen LogP contribution >= 0.6 is 8.03 Å². The molecule has 8 heavy (non-hydrogen) atoms. The Hall–Kier alpha value is -0.380. The van der Waals surface area contributed by atoms with Crippen molar-refractivity contribution in [3.05, 3.63) is 0 Å². The van der Waals surface area contributed by atoms with Crippen LogP contribution in [0.5, 0.6) is 0 Å². The molecular weight excluding hydrogens is 123 g/mol. The summed E-state index contributed by atoms with van der Waals surface area (Å²) in [7, 11) is -1.69. The number of hydrogen-bond acceptors (Lipinski definition) is 2. The number of rotatable bonds is 2. The van der Waals surface area contributed by atoms with Crippen LogP contribution in [0.2, 0.25) is 0 Å². The lowest BCUT2D eigenvalue weighted by molar-refractivity contribution is 0.358. The molecule has 0 aliphatic rings. The summed E-state index contributed by atoms with van der Waals surface area (Å²) in [6, 6.07) is 0. The molecule has 0 radical (unpaired) electrons. The van der Waals surface area contributed by atoms with Gasteiger partial charge in [0.1, 0.15) is 6.61 Å². The van der Waals surface area contributed by atoms with Gasteiger partial charge in [-0.05, 0) is 17.4 Å². The van der Waals surface area contributed by atoms with Gasteiger partial charge in [-0.2, -0.15) is 0 Å². The van der Waals surface area contributed by atoms with Crippen molar-refractivity contribution in [1.82, 2.24) is 0 Å². The lowest BCUT2D eigenvalue weighted by Gasteiger charge is -1.70. The van der Waals surface area contributed by atoms with Gasteiger partial charge in [-0.15, -0.1) is 4.52 Å². The summed E-state index contributed by atoms with van der Waals surface area (Å²) in [5.74, 6) is 2.49. The first-order chi connectivity index (χ1) is 3.81. The van der Waals surface area contributed by atoms with Crippen molar-refractivity contribution < 1.29 is 9.09 Å². The fourth-order valence-corrected chi connectivity index (χ4v) is 0.722. The van der Waals surface area contributed by atoms with Crippen molar-refractivity contribution in [2.75, 3.05) is 6.61 Å². The zero-order chi connectivity index (χ0) is 6.41. The van der Waals surface area contributed by atoms with E-state index in [1.165, 1.54) is 0 Å². The molecule has 0 aliphatic carbocycles. The van der Waals surface area contributed by atoms with Crippen molar-refractivity contribution in [2.45, 2.75) is 13.8 Å². The van der Waals surface area contributed by atoms with Gasteiger partial charge in [0.05, 0.1) is 0 Å². The van der Waals surface area contributed by atoms with Crippen LogP contribution in [0.3, 0.4) is 0 Å². The monoisotopic (exact) mass is 131 g/mol. The first kappa shape index (κ1) is 7.62. The lowest BCUT2D eigenvalue weighted by Crippen LogP contribution is -1.72. The molecule has 0 bridgehead atoms. The Bertz CT molecular complexity index is 131. The van der Waals surface area contributed by atoms with Crippen LogP contribution in [0.15, 0.2) is 0 Å². The Labute approximate surface area is 50.1 Å². The van der Waals surface area contributed by atoms with Crippen LogP contribution in [0.4, 0.5) is 0 Å². The first-order valence-electron chi connectivity index (χ1n) is 2.33. The van der Waals surface area contributed by atoms with Gasteiger partial charge in [0.25, 0.3) is 0 Å². The van der Waals surface area contributed by atoms with Gasteiger partial charge in [0, 0.05) is 6.92 Å². The molecule has 1 atom stereocenters. The minimum Gasteiger partial charge on any atom is -0.135 e. The van der Waals surface area contributed by atoms with E-state index in [0.29, 0.717) is 6.61 Å². The second kappa shape index (κ2) is 4.77. The highest BCUT2D eigenvalue weighted by Gasteiger charge is 2.09. The minimum atomic E-state index is -1.69. The van der Waals surface area contributed by atoms with Gasteiger partial charge in [0.15, 0.2) is 0 Å². The van der Waals surface area contributed by atoms with E-state index in [9.17, 15) is 4.57 Å². The Balaban J connectivity index is 3.44. The van der Waals surface area contributed by atoms with E-state index < -0.39 is 8.03 Å². The molecule has 0 aromatic rings. The van der Waals surface area contributed by atoms with E-state index in [1.54, 1.807) is 13.8 Å². The van der Waals surface area contributed by atoms with E-state index in [-0.39, 0.29) is 0 Å². The van der Waals surface area contributed by atoms with E-state index in [4.69, 9.17) is 0 Å². The molecule has 0 saturated carbocycles. The van der Waals surface area contributed by atoms with E-state index in [2.05, 4.69) is 16.1 Å². The molecular formula is C5H8O2P+. The second-order valence-corrected chi connectivity index (χ2v) is 2.03. The molecule has 1 unspecified atom stereocenters. The topological polar surface area (TPSA) is 26.3 Å². The van der Waals surface area contributed by atoms with Gasteiger partial charge < -0.3 is 0 Å². The zero-order valence-electron chi connectivity index (χ0n) is 4.97. The van der Waals surface area contributed by atoms with Crippen LogP contribution in [0, 0.1) is 11.6 Å². The van der Waals surface area contributed by atoms with Crippen molar-refractivity contribution >= 4 is 8.03 Å². The summed E-state index contributed by atoms with van der Waals surface area (Å²) in [5.41, 5.74) is 2.38. The van der Waals surface area contributed by atoms with E-state index in [1.807, 2.05) is 0 Å². The third kappa shape index (κ3) is 3.80. The maximum absolute atomic E-state index is 10.4. The molecule has 3 heteroatoms. The van der Waals surface area contributed by atoms with Crippen LogP contribution in [-0.2, 0) is 9.09 Å². The Morgan fingerprint density at radius 1 is 1.75 bits per heavy atom. The van der Waals surface area contributed by atoms with Crippen LogP contribution in [-0.4, -0.2) is 6.61 Å². The highest BCUT2D eigenvalue weighted by atomic mass is 31.1. The highest BCUT2D eigenvalue weighted by Crippen LogP contribution is 2.17. The van der Waals surface area contributed by atoms with Gasteiger partial charge in [-0.1, -0.05) is 0 Å². The average Bonchev–Trinajstić information content (AvgIpc) is 1.68. The minimum absolute atomic E-state index is 0.462. The van der Waals surface area contributed by atoms with Gasteiger partial charge >= 0.3 is 8.03 Å². The molecule has 0 aromatic heterocycles. The summed E-state index contributed by atoms with van der Waals surface area (Å²) in [6.07, 6.45) is 0. The third-order valence-electron chi connectivity index (χ3n) is 0.449. The fraction of sp³-hybridized carbons (Fsp3) is 0.600. The SMILES string of the molecule is CC#C[P+](=O)OCC. The largest absolute Gasteiger partial charge is 0.603 e. The van der Waals surface area contributed by atoms with Crippen LogP contribution in [0.1, 0.15) is 13.8 Å². The van der Waals surface area contributed by atoms with Crippen molar-refractivity contribution in [1.29, 1.82) is 0 Å². The van der Waals surface area contributed by atoms with E-state index >= 15 is 0 Å².